The molecule has 2 rings (SSSR count). The van der Waals surface area contributed by atoms with Gasteiger partial charge in [-0.15, -0.1) is 11.3 Å². The van der Waals surface area contributed by atoms with Crippen LogP contribution in [0.1, 0.15) is 31.2 Å². The van der Waals surface area contributed by atoms with E-state index in [1.807, 2.05) is 35.7 Å². The molecule has 0 spiro atoms. The Morgan fingerprint density at radius 3 is 2.55 bits per heavy atom. The first-order valence-corrected chi connectivity index (χ1v) is 7.51. The molecule has 20 heavy (non-hydrogen) atoms. The van der Waals surface area contributed by atoms with Gasteiger partial charge in [0.05, 0.1) is 6.54 Å². The average molecular weight is 288 g/mol. The summed E-state index contributed by atoms with van der Waals surface area (Å²) in [7, 11) is 0. The fraction of sp³-hybridized carbons (Fsp3) is 0.312. The lowest BCUT2D eigenvalue weighted by Crippen LogP contribution is -2.29. The Morgan fingerprint density at radius 1 is 1.15 bits per heavy atom. The molecule has 0 aliphatic heterocycles. The summed E-state index contributed by atoms with van der Waals surface area (Å²) >= 11 is 1.64. The molecular formula is C16H20N2OS. The Labute approximate surface area is 124 Å². The van der Waals surface area contributed by atoms with Gasteiger partial charge in [0.2, 0.25) is 0 Å². The van der Waals surface area contributed by atoms with Crippen LogP contribution in [-0.2, 0) is 12.0 Å². The van der Waals surface area contributed by atoms with Crippen molar-refractivity contribution in [1.82, 2.24) is 5.32 Å². The molecule has 1 heterocycles. The minimum Gasteiger partial charge on any atom is -0.333 e. The third-order valence-electron chi connectivity index (χ3n) is 2.99. The van der Waals surface area contributed by atoms with Crippen LogP contribution in [0.25, 0.3) is 0 Å². The van der Waals surface area contributed by atoms with Crippen molar-refractivity contribution in [3.05, 3.63) is 52.2 Å². The van der Waals surface area contributed by atoms with E-state index in [0.717, 1.165) is 16.1 Å². The van der Waals surface area contributed by atoms with Gasteiger partial charge in [-0.25, -0.2) is 4.79 Å². The van der Waals surface area contributed by atoms with Crippen molar-refractivity contribution in [2.45, 2.75) is 32.7 Å². The highest BCUT2D eigenvalue weighted by molar-refractivity contribution is 7.09. The molecule has 2 aromatic rings. The molecule has 0 saturated carbocycles. The molecule has 4 heteroatoms. The van der Waals surface area contributed by atoms with Crippen molar-refractivity contribution in [3.8, 4) is 0 Å². The summed E-state index contributed by atoms with van der Waals surface area (Å²) in [4.78, 5) is 13.1. The summed E-state index contributed by atoms with van der Waals surface area (Å²) in [6.07, 6.45) is 0. The van der Waals surface area contributed by atoms with Gasteiger partial charge in [-0.3, -0.25) is 0 Å². The number of anilines is 1. The summed E-state index contributed by atoms with van der Waals surface area (Å²) < 4.78 is 0. The van der Waals surface area contributed by atoms with E-state index in [9.17, 15) is 4.79 Å². The van der Waals surface area contributed by atoms with Crippen LogP contribution in [0.3, 0.4) is 0 Å². The van der Waals surface area contributed by atoms with Gasteiger partial charge in [-0.05, 0) is 28.5 Å². The zero-order valence-corrected chi connectivity index (χ0v) is 12.9. The Bertz CT molecular complexity index is 570. The van der Waals surface area contributed by atoms with Crippen LogP contribution in [0.2, 0.25) is 0 Å². The second-order valence-electron chi connectivity index (χ2n) is 5.68. The van der Waals surface area contributed by atoms with Crippen LogP contribution < -0.4 is 10.6 Å². The van der Waals surface area contributed by atoms with Crippen LogP contribution in [0.15, 0.2) is 41.8 Å². The summed E-state index contributed by atoms with van der Waals surface area (Å²) in [5.41, 5.74) is 1.99. The van der Waals surface area contributed by atoms with Crippen LogP contribution in [0.5, 0.6) is 0 Å². The number of carbonyl (C=O) groups excluding carboxylic acids is 1. The van der Waals surface area contributed by atoms with Crippen molar-refractivity contribution < 1.29 is 4.79 Å². The van der Waals surface area contributed by atoms with E-state index in [4.69, 9.17) is 0 Å². The van der Waals surface area contributed by atoms with Gasteiger partial charge < -0.3 is 10.6 Å². The van der Waals surface area contributed by atoms with Crippen molar-refractivity contribution >= 4 is 23.1 Å². The first kappa shape index (κ1) is 14.6. The maximum absolute atomic E-state index is 12.0. The molecule has 0 aliphatic rings. The number of hydrogen-bond acceptors (Lipinski definition) is 2. The number of carbonyl (C=O) groups is 1. The molecule has 0 aliphatic carbocycles. The predicted molar refractivity (Wildman–Crippen MR) is 85.3 cm³/mol. The lowest BCUT2D eigenvalue weighted by molar-refractivity contribution is 0.252. The second-order valence-corrected chi connectivity index (χ2v) is 6.71. The van der Waals surface area contributed by atoms with Crippen molar-refractivity contribution in [3.63, 3.8) is 0 Å². The second kappa shape index (κ2) is 6.09. The summed E-state index contributed by atoms with van der Waals surface area (Å²) in [6.45, 7) is 6.96. The van der Waals surface area contributed by atoms with Gasteiger partial charge in [0.15, 0.2) is 0 Å². The standard InChI is InChI=1S/C16H20N2OS/c1-16(2,3)13-8-4-5-9-14(13)18-15(19)17-11-12-7-6-10-20-12/h4-10H,11H2,1-3H3,(H2,17,18,19). The van der Waals surface area contributed by atoms with E-state index < -0.39 is 0 Å². The molecule has 1 aromatic carbocycles. The quantitative estimate of drug-likeness (QED) is 0.865. The topological polar surface area (TPSA) is 41.1 Å². The van der Waals surface area contributed by atoms with Gasteiger partial charge in [-0.1, -0.05) is 45.0 Å². The number of urea groups is 1. The predicted octanol–water partition coefficient (Wildman–Crippen LogP) is 4.37. The van der Waals surface area contributed by atoms with Gasteiger partial charge in [0, 0.05) is 10.6 Å². The average Bonchev–Trinajstić information content (AvgIpc) is 2.89. The molecule has 1 aromatic heterocycles. The van der Waals surface area contributed by atoms with Crippen LogP contribution in [-0.4, -0.2) is 6.03 Å². The largest absolute Gasteiger partial charge is 0.333 e. The number of para-hydroxylation sites is 1. The molecule has 0 unspecified atom stereocenters. The van der Waals surface area contributed by atoms with Crippen molar-refractivity contribution in [2.75, 3.05) is 5.32 Å². The monoisotopic (exact) mass is 288 g/mol. The highest BCUT2D eigenvalue weighted by Crippen LogP contribution is 2.29. The normalized spacial score (nSPS) is 11.2. The van der Waals surface area contributed by atoms with Crippen LogP contribution >= 0.6 is 11.3 Å². The number of nitrogens with one attached hydrogen (secondary N) is 2. The lowest BCUT2D eigenvalue weighted by Gasteiger charge is -2.23. The van der Waals surface area contributed by atoms with Crippen LogP contribution in [0, 0.1) is 0 Å². The number of benzene rings is 1. The molecule has 2 amide bonds. The van der Waals surface area contributed by atoms with Gasteiger partial charge in [-0.2, -0.15) is 0 Å². The summed E-state index contributed by atoms with van der Waals surface area (Å²) in [6, 6.07) is 11.7. The Morgan fingerprint density at radius 2 is 1.90 bits per heavy atom. The maximum Gasteiger partial charge on any atom is 0.319 e. The highest BCUT2D eigenvalue weighted by Gasteiger charge is 2.18. The van der Waals surface area contributed by atoms with Gasteiger partial charge >= 0.3 is 6.03 Å². The third kappa shape index (κ3) is 3.84. The zero-order valence-electron chi connectivity index (χ0n) is 12.1. The summed E-state index contributed by atoms with van der Waals surface area (Å²) in [5, 5.41) is 7.81. The van der Waals surface area contributed by atoms with E-state index in [1.54, 1.807) is 11.3 Å². The Balaban J connectivity index is 2.01. The molecule has 2 N–H and O–H groups in total. The zero-order chi connectivity index (χ0) is 14.6. The van der Waals surface area contributed by atoms with Gasteiger partial charge in [0.1, 0.15) is 0 Å². The smallest absolute Gasteiger partial charge is 0.319 e. The minimum absolute atomic E-state index is 0.00236. The third-order valence-corrected chi connectivity index (χ3v) is 3.86. The first-order valence-electron chi connectivity index (χ1n) is 6.63. The molecule has 106 valence electrons. The van der Waals surface area contributed by atoms with E-state index >= 15 is 0 Å². The SMILES string of the molecule is CC(C)(C)c1ccccc1NC(=O)NCc1cccs1. The highest BCUT2D eigenvalue weighted by atomic mass is 32.1. The first-order chi connectivity index (χ1) is 9.47. The molecule has 0 radical (unpaired) electrons. The van der Waals surface area contributed by atoms with Crippen LogP contribution in [0.4, 0.5) is 10.5 Å². The fourth-order valence-corrected chi connectivity index (χ4v) is 2.64. The fourth-order valence-electron chi connectivity index (χ4n) is 1.99. The number of rotatable bonds is 3. The summed E-state index contributed by atoms with van der Waals surface area (Å²) in [5.74, 6) is 0. The van der Waals surface area contributed by atoms with Crippen molar-refractivity contribution in [1.29, 1.82) is 0 Å². The van der Waals surface area contributed by atoms with Crippen molar-refractivity contribution in [2.24, 2.45) is 0 Å². The number of hydrogen-bond donors (Lipinski definition) is 2. The molecule has 0 atom stereocenters. The van der Waals surface area contributed by atoms with E-state index in [0.29, 0.717) is 6.54 Å². The molecule has 3 nitrogen and oxygen atoms in total. The van der Waals surface area contributed by atoms with E-state index in [2.05, 4.69) is 37.5 Å². The Kier molecular flexibility index (Phi) is 4.45. The molecule has 0 saturated heterocycles. The van der Waals surface area contributed by atoms with Gasteiger partial charge in [0.25, 0.3) is 0 Å². The van der Waals surface area contributed by atoms with E-state index in [-0.39, 0.29) is 11.4 Å². The minimum atomic E-state index is -0.171. The molecule has 0 fully saturated rings. The lowest BCUT2D eigenvalue weighted by atomic mass is 9.86. The molecular weight excluding hydrogens is 268 g/mol. The number of thiophene rings is 1. The molecule has 0 bridgehead atoms. The number of amides is 2. The Hall–Kier alpha value is -1.81. The van der Waals surface area contributed by atoms with E-state index in [1.165, 1.54) is 0 Å². The maximum atomic E-state index is 12.0.